The Bertz CT molecular complexity index is 676. The van der Waals surface area contributed by atoms with Crippen LogP contribution in [0.5, 0.6) is 5.75 Å². The van der Waals surface area contributed by atoms with E-state index in [1.165, 1.54) is 12.3 Å². The third kappa shape index (κ3) is 4.12. The van der Waals surface area contributed by atoms with Gasteiger partial charge in [0, 0.05) is 6.42 Å². The number of rotatable bonds is 5. The third-order valence-corrected chi connectivity index (χ3v) is 4.51. The number of benzene rings is 1. The highest BCUT2D eigenvalue weighted by atomic mass is 127. The van der Waals surface area contributed by atoms with E-state index in [4.69, 9.17) is 4.42 Å². The van der Waals surface area contributed by atoms with Gasteiger partial charge >= 0.3 is 5.97 Å². The van der Waals surface area contributed by atoms with Gasteiger partial charge in [-0.1, -0.05) is 0 Å². The highest BCUT2D eigenvalue weighted by Crippen LogP contribution is 2.27. The second-order valence-electron chi connectivity index (χ2n) is 4.45. The van der Waals surface area contributed by atoms with Crippen molar-refractivity contribution in [3.8, 4) is 5.75 Å². The first kappa shape index (κ1) is 17.1. The molecule has 0 aliphatic rings. The van der Waals surface area contributed by atoms with Crippen molar-refractivity contribution >= 4 is 57.1 Å². The Morgan fingerprint density at radius 3 is 2.41 bits per heavy atom. The lowest BCUT2D eigenvalue weighted by Gasteiger charge is -2.14. The van der Waals surface area contributed by atoms with Crippen molar-refractivity contribution in [2.24, 2.45) is 0 Å². The van der Waals surface area contributed by atoms with Gasteiger partial charge in [-0.25, -0.2) is 4.79 Å². The predicted molar refractivity (Wildman–Crippen MR) is 94.8 cm³/mol. The van der Waals surface area contributed by atoms with E-state index < -0.39 is 17.9 Å². The van der Waals surface area contributed by atoms with Gasteiger partial charge in [-0.15, -0.1) is 0 Å². The minimum Gasteiger partial charge on any atom is -0.506 e. The first-order chi connectivity index (χ1) is 10.4. The largest absolute Gasteiger partial charge is 0.506 e. The molecule has 0 aliphatic carbocycles. The van der Waals surface area contributed by atoms with E-state index in [9.17, 15) is 19.8 Å². The number of halogens is 2. The van der Waals surface area contributed by atoms with Gasteiger partial charge in [0.05, 0.1) is 13.4 Å². The highest BCUT2D eigenvalue weighted by Gasteiger charge is 2.23. The SMILES string of the molecule is O=C(N[C@@H](Cc1cc(I)c(O)c(I)c1)C(=O)O)c1ccco1. The normalized spacial score (nSPS) is 11.9. The number of furan rings is 1. The maximum Gasteiger partial charge on any atom is 0.326 e. The van der Waals surface area contributed by atoms with Crippen LogP contribution in [-0.4, -0.2) is 28.1 Å². The fourth-order valence-electron chi connectivity index (χ4n) is 1.81. The van der Waals surface area contributed by atoms with Crippen molar-refractivity contribution in [1.29, 1.82) is 0 Å². The Kier molecular flexibility index (Phi) is 5.67. The molecule has 2 rings (SSSR count). The zero-order valence-electron chi connectivity index (χ0n) is 11.0. The Morgan fingerprint density at radius 1 is 1.27 bits per heavy atom. The standard InChI is InChI=1S/C14H11I2NO5/c15-8-4-7(5-9(16)12(8)18)6-10(14(20)21)17-13(19)11-2-1-3-22-11/h1-5,10,18H,6H2,(H,17,19)(H,20,21)/t10-/m0/s1. The summed E-state index contributed by atoms with van der Waals surface area (Å²) in [5, 5.41) is 21.4. The monoisotopic (exact) mass is 527 g/mol. The van der Waals surface area contributed by atoms with Crippen LogP contribution in [0.15, 0.2) is 34.9 Å². The molecule has 0 radical (unpaired) electrons. The highest BCUT2D eigenvalue weighted by molar-refractivity contribution is 14.1. The lowest BCUT2D eigenvalue weighted by Crippen LogP contribution is -2.42. The van der Waals surface area contributed by atoms with E-state index in [0.29, 0.717) is 12.7 Å². The minimum absolute atomic E-state index is 0.0566. The van der Waals surface area contributed by atoms with Crippen molar-refractivity contribution in [3.05, 3.63) is 49.0 Å². The number of hydrogen-bond acceptors (Lipinski definition) is 4. The van der Waals surface area contributed by atoms with E-state index in [-0.39, 0.29) is 17.9 Å². The number of carbonyl (C=O) groups is 2. The molecule has 0 unspecified atom stereocenters. The number of carboxylic acid groups (broad SMARTS) is 1. The maximum absolute atomic E-state index is 11.9. The number of hydrogen-bond donors (Lipinski definition) is 3. The Labute approximate surface area is 153 Å². The van der Waals surface area contributed by atoms with E-state index in [1.54, 1.807) is 18.2 Å². The second kappa shape index (κ2) is 7.31. The second-order valence-corrected chi connectivity index (χ2v) is 6.78. The van der Waals surface area contributed by atoms with Gasteiger partial charge in [0.1, 0.15) is 11.8 Å². The van der Waals surface area contributed by atoms with Crippen LogP contribution in [0.1, 0.15) is 16.1 Å². The Morgan fingerprint density at radius 2 is 1.91 bits per heavy atom. The topological polar surface area (TPSA) is 99.8 Å². The number of carbonyl (C=O) groups excluding carboxylic acids is 1. The zero-order valence-corrected chi connectivity index (χ0v) is 15.4. The molecule has 1 aromatic carbocycles. The van der Waals surface area contributed by atoms with Gasteiger partial charge in [-0.05, 0) is 75.0 Å². The molecule has 0 saturated carbocycles. The number of phenolic OH excluding ortho intramolecular Hbond substituents is 1. The number of carboxylic acids is 1. The lowest BCUT2D eigenvalue weighted by molar-refractivity contribution is -0.139. The van der Waals surface area contributed by atoms with Crippen LogP contribution in [0.2, 0.25) is 0 Å². The fourth-order valence-corrected chi connectivity index (χ4v) is 3.71. The van der Waals surface area contributed by atoms with Crippen molar-refractivity contribution < 1.29 is 24.2 Å². The molecule has 6 nitrogen and oxygen atoms in total. The molecule has 116 valence electrons. The molecular weight excluding hydrogens is 516 g/mol. The lowest BCUT2D eigenvalue weighted by atomic mass is 10.1. The number of aliphatic carboxylic acids is 1. The molecule has 8 heteroatoms. The number of aromatic hydroxyl groups is 1. The molecule has 0 aliphatic heterocycles. The number of nitrogens with one attached hydrogen (secondary N) is 1. The summed E-state index contributed by atoms with van der Waals surface area (Å²) in [5.74, 6) is -1.50. The Balaban J connectivity index is 2.16. The van der Waals surface area contributed by atoms with Crippen molar-refractivity contribution in [2.45, 2.75) is 12.5 Å². The van der Waals surface area contributed by atoms with E-state index in [1.807, 2.05) is 45.2 Å². The molecule has 0 fully saturated rings. The molecule has 1 atom stereocenters. The maximum atomic E-state index is 11.9. The summed E-state index contributed by atoms with van der Waals surface area (Å²) < 4.78 is 6.19. The third-order valence-electron chi connectivity index (χ3n) is 2.86. The van der Waals surface area contributed by atoms with Gasteiger partial charge in [0.15, 0.2) is 5.76 Å². The van der Waals surface area contributed by atoms with Gasteiger partial charge in [0.2, 0.25) is 0 Å². The van der Waals surface area contributed by atoms with E-state index >= 15 is 0 Å². The molecule has 22 heavy (non-hydrogen) atoms. The molecule has 1 aromatic heterocycles. The minimum atomic E-state index is -1.14. The molecule has 2 aromatic rings. The van der Waals surface area contributed by atoms with Crippen LogP contribution in [-0.2, 0) is 11.2 Å². The van der Waals surface area contributed by atoms with Gasteiger partial charge < -0.3 is 19.9 Å². The summed E-state index contributed by atoms with van der Waals surface area (Å²) >= 11 is 3.94. The average Bonchev–Trinajstić information content (AvgIpc) is 2.98. The number of amides is 1. The van der Waals surface area contributed by atoms with Gasteiger partial charge in [-0.2, -0.15) is 0 Å². The van der Waals surface area contributed by atoms with Crippen molar-refractivity contribution in [1.82, 2.24) is 5.32 Å². The molecule has 1 amide bonds. The van der Waals surface area contributed by atoms with Crippen LogP contribution in [0, 0.1) is 7.14 Å². The fraction of sp³-hybridized carbons (Fsp3) is 0.143. The summed E-state index contributed by atoms with van der Waals surface area (Å²) in [6, 6.07) is 5.30. The van der Waals surface area contributed by atoms with Crippen LogP contribution < -0.4 is 5.32 Å². The summed E-state index contributed by atoms with van der Waals surface area (Å²) in [7, 11) is 0. The van der Waals surface area contributed by atoms with Gasteiger partial charge in [-0.3, -0.25) is 4.79 Å². The van der Waals surface area contributed by atoms with Crippen LogP contribution in [0.4, 0.5) is 0 Å². The quantitative estimate of drug-likeness (QED) is 0.520. The van der Waals surface area contributed by atoms with Crippen molar-refractivity contribution in [2.75, 3.05) is 0 Å². The summed E-state index contributed by atoms with van der Waals surface area (Å²) in [6.07, 6.45) is 1.45. The van der Waals surface area contributed by atoms with E-state index in [2.05, 4.69) is 5.32 Å². The van der Waals surface area contributed by atoms with Crippen LogP contribution >= 0.6 is 45.2 Å². The smallest absolute Gasteiger partial charge is 0.326 e. The molecule has 1 heterocycles. The summed E-state index contributed by atoms with van der Waals surface area (Å²) in [5.41, 5.74) is 0.707. The average molecular weight is 527 g/mol. The molecule has 0 spiro atoms. The molecule has 0 saturated heterocycles. The first-order valence-electron chi connectivity index (χ1n) is 6.12. The number of phenols is 1. The van der Waals surface area contributed by atoms with Gasteiger partial charge in [0.25, 0.3) is 5.91 Å². The van der Waals surface area contributed by atoms with Crippen molar-refractivity contribution in [3.63, 3.8) is 0 Å². The predicted octanol–water partition coefficient (Wildman–Crippen LogP) is 2.62. The Hall–Kier alpha value is -1.30. The summed E-state index contributed by atoms with van der Waals surface area (Å²) in [4.78, 5) is 23.2. The zero-order chi connectivity index (χ0) is 16.3. The van der Waals surface area contributed by atoms with Crippen LogP contribution in [0.3, 0.4) is 0 Å². The summed E-state index contributed by atoms with van der Waals surface area (Å²) in [6.45, 7) is 0. The molecule has 0 bridgehead atoms. The van der Waals surface area contributed by atoms with E-state index in [0.717, 1.165) is 0 Å². The molecule has 3 N–H and O–H groups in total. The van der Waals surface area contributed by atoms with Crippen LogP contribution in [0.25, 0.3) is 0 Å². The molecular formula is C14H11I2NO5. The first-order valence-corrected chi connectivity index (χ1v) is 8.28.